The molecule has 0 unspecified atom stereocenters. The van der Waals surface area contributed by atoms with Gasteiger partial charge in [-0.3, -0.25) is 0 Å². The highest BCUT2D eigenvalue weighted by Crippen LogP contribution is 2.54. The molecule has 0 aromatic heterocycles. The van der Waals surface area contributed by atoms with Gasteiger partial charge in [-0.2, -0.15) is 17.5 Å². The lowest BCUT2D eigenvalue weighted by Crippen LogP contribution is -2.38. The molecule has 1 aromatic carbocycles. The van der Waals surface area contributed by atoms with E-state index in [0.29, 0.717) is 12.8 Å². The largest absolute Gasteiger partial charge is 0.417 e. The van der Waals surface area contributed by atoms with Crippen molar-refractivity contribution in [1.82, 2.24) is 4.31 Å². The molecule has 1 saturated carbocycles. The number of benzene rings is 1. The average Bonchev–Trinajstić information content (AvgIpc) is 2.67. The Balaban J connectivity index is 2.05. The van der Waals surface area contributed by atoms with Crippen LogP contribution in [-0.4, -0.2) is 25.3 Å². The smallest absolute Gasteiger partial charge is 0.207 e. The zero-order chi connectivity index (χ0) is 18.0. The van der Waals surface area contributed by atoms with Crippen LogP contribution in [0.1, 0.15) is 45.6 Å². The van der Waals surface area contributed by atoms with Crippen molar-refractivity contribution in [2.75, 3.05) is 6.54 Å². The van der Waals surface area contributed by atoms with Gasteiger partial charge in [0, 0.05) is 12.6 Å². The average molecular weight is 361 g/mol. The summed E-state index contributed by atoms with van der Waals surface area (Å²) in [4.78, 5) is -0.633. The molecule has 3 nitrogen and oxygen atoms in total. The monoisotopic (exact) mass is 361 g/mol. The van der Waals surface area contributed by atoms with Gasteiger partial charge in [0.1, 0.15) is 0 Å². The summed E-state index contributed by atoms with van der Waals surface area (Å²) < 4.78 is 67.1. The molecule has 0 spiro atoms. The number of hydrogen-bond acceptors (Lipinski definition) is 2. The van der Waals surface area contributed by atoms with Crippen molar-refractivity contribution in [2.45, 2.75) is 57.1 Å². The quantitative estimate of drug-likeness (QED) is 0.788. The molecule has 1 aromatic rings. The molecule has 0 amide bonds. The van der Waals surface area contributed by atoms with E-state index in [4.69, 9.17) is 0 Å². The zero-order valence-corrected chi connectivity index (χ0v) is 14.8. The van der Waals surface area contributed by atoms with Crippen LogP contribution < -0.4 is 0 Å². The molecular formula is C17H22F3NO2S. The lowest BCUT2D eigenvalue weighted by molar-refractivity contribution is -0.139. The summed E-state index contributed by atoms with van der Waals surface area (Å²) in [6, 6.07) is 4.23. The van der Waals surface area contributed by atoms with Crippen molar-refractivity contribution in [3.8, 4) is 0 Å². The van der Waals surface area contributed by atoms with Crippen molar-refractivity contribution in [2.24, 2.45) is 10.8 Å². The first-order chi connectivity index (χ1) is 10.8. The summed E-state index contributed by atoms with van der Waals surface area (Å²) >= 11 is 0. The Bertz CT molecular complexity index is 757. The molecule has 2 aliphatic rings. The van der Waals surface area contributed by atoms with E-state index in [-0.39, 0.29) is 23.4 Å². The maximum atomic E-state index is 13.2. The summed E-state index contributed by atoms with van der Waals surface area (Å²) in [5, 5.41) is 0. The summed E-state index contributed by atoms with van der Waals surface area (Å²) in [5.74, 6) is 0. The van der Waals surface area contributed by atoms with Crippen molar-refractivity contribution >= 4 is 10.0 Å². The number of sulfonamides is 1. The number of halogens is 3. The second-order valence-corrected chi connectivity index (χ2v) is 10.1. The van der Waals surface area contributed by atoms with Gasteiger partial charge in [0.05, 0.1) is 10.5 Å². The third-order valence-electron chi connectivity index (χ3n) is 5.15. The molecule has 134 valence electrons. The van der Waals surface area contributed by atoms with Crippen molar-refractivity contribution in [1.29, 1.82) is 0 Å². The Kier molecular flexibility index (Phi) is 3.85. The van der Waals surface area contributed by atoms with Crippen molar-refractivity contribution < 1.29 is 21.6 Å². The molecule has 2 bridgehead atoms. The van der Waals surface area contributed by atoms with E-state index >= 15 is 0 Å². The van der Waals surface area contributed by atoms with Crippen molar-refractivity contribution in [3.05, 3.63) is 29.8 Å². The number of nitrogens with zero attached hydrogens (tertiary/aromatic N) is 1. The molecule has 2 fully saturated rings. The van der Waals surface area contributed by atoms with Crippen LogP contribution in [0, 0.1) is 10.8 Å². The van der Waals surface area contributed by atoms with Gasteiger partial charge in [-0.15, -0.1) is 0 Å². The van der Waals surface area contributed by atoms with E-state index in [0.717, 1.165) is 18.6 Å². The van der Waals surface area contributed by atoms with Gasteiger partial charge in [-0.1, -0.05) is 32.9 Å². The fourth-order valence-corrected chi connectivity index (χ4v) is 6.73. The molecule has 2 atom stereocenters. The van der Waals surface area contributed by atoms with Crippen LogP contribution in [0.2, 0.25) is 0 Å². The molecule has 3 rings (SSSR count). The van der Waals surface area contributed by atoms with Crippen LogP contribution >= 0.6 is 0 Å². The fourth-order valence-electron chi connectivity index (χ4n) is 4.74. The minimum Gasteiger partial charge on any atom is -0.207 e. The number of alkyl halides is 3. The predicted molar refractivity (Wildman–Crippen MR) is 84.9 cm³/mol. The Hall–Kier alpha value is -1.08. The summed E-state index contributed by atoms with van der Waals surface area (Å²) in [6.07, 6.45) is -2.43. The van der Waals surface area contributed by atoms with Crippen molar-refractivity contribution in [3.63, 3.8) is 0 Å². The molecule has 0 radical (unpaired) electrons. The predicted octanol–water partition coefficient (Wildman–Crippen LogP) is 4.29. The number of fused-ring (bicyclic) bond motifs is 2. The minimum absolute atomic E-state index is 0.00845. The minimum atomic E-state index is -4.69. The number of rotatable bonds is 2. The van der Waals surface area contributed by atoms with E-state index in [1.165, 1.54) is 16.4 Å². The van der Waals surface area contributed by atoms with Gasteiger partial charge in [0.15, 0.2) is 0 Å². The highest BCUT2D eigenvalue weighted by atomic mass is 32.2. The van der Waals surface area contributed by atoms with Crippen LogP contribution in [0.15, 0.2) is 29.2 Å². The first-order valence-electron chi connectivity index (χ1n) is 8.02. The van der Waals surface area contributed by atoms with E-state index in [1.807, 2.05) is 6.92 Å². The summed E-state index contributed by atoms with van der Waals surface area (Å²) in [7, 11) is -4.18. The molecule has 1 saturated heterocycles. The summed E-state index contributed by atoms with van der Waals surface area (Å²) in [6.45, 7) is 6.51. The lowest BCUT2D eigenvalue weighted by Gasteiger charge is -2.39. The van der Waals surface area contributed by atoms with Crippen LogP contribution in [-0.2, 0) is 16.2 Å². The van der Waals surface area contributed by atoms with E-state index in [2.05, 4.69) is 13.8 Å². The molecule has 1 heterocycles. The SMILES string of the molecule is CC1(C)C[C@H]2C[C@@](C)(CN2S(=O)(=O)c2ccccc2C(F)(F)F)C1. The first kappa shape index (κ1) is 17.7. The molecule has 7 heteroatoms. The van der Waals surface area contributed by atoms with E-state index in [1.54, 1.807) is 0 Å². The Morgan fingerprint density at radius 3 is 2.38 bits per heavy atom. The second-order valence-electron chi connectivity index (χ2n) is 8.26. The first-order valence-corrected chi connectivity index (χ1v) is 9.46. The van der Waals surface area contributed by atoms with Gasteiger partial charge < -0.3 is 0 Å². The maximum absolute atomic E-state index is 13.2. The van der Waals surface area contributed by atoms with Crippen LogP contribution in [0.3, 0.4) is 0 Å². The zero-order valence-electron chi connectivity index (χ0n) is 14.0. The fraction of sp³-hybridized carbons (Fsp3) is 0.647. The third kappa shape index (κ3) is 2.96. The molecule has 1 aliphatic carbocycles. The molecule has 0 N–H and O–H groups in total. The molecular weight excluding hydrogens is 339 g/mol. The standard InChI is InChI=1S/C17H22F3NO2S/c1-15(2)8-12-9-16(3,10-15)11-21(12)24(22,23)14-7-5-4-6-13(14)17(18,19)20/h4-7,12H,8-11H2,1-3H3/t12-,16+/m0/s1. The van der Waals surface area contributed by atoms with Crippen LogP contribution in [0.4, 0.5) is 13.2 Å². The highest BCUT2D eigenvalue weighted by molar-refractivity contribution is 7.89. The highest BCUT2D eigenvalue weighted by Gasteiger charge is 2.54. The van der Waals surface area contributed by atoms with Gasteiger partial charge >= 0.3 is 6.18 Å². The van der Waals surface area contributed by atoms with Crippen LogP contribution in [0.25, 0.3) is 0 Å². The molecule has 24 heavy (non-hydrogen) atoms. The Morgan fingerprint density at radius 2 is 1.75 bits per heavy atom. The molecule has 1 aliphatic heterocycles. The van der Waals surface area contributed by atoms with Crippen LogP contribution in [0.5, 0.6) is 0 Å². The van der Waals surface area contributed by atoms with E-state index in [9.17, 15) is 21.6 Å². The Labute approximate surface area is 140 Å². The van der Waals surface area contributed by atoms with Gasteiger partial charge in [-0.25, -0.2) is 8.42 Å². The topological polar surface area (TPSA) is 37.4 Å². The lowest BCUT2D eigenvalue weighted by atomic mass is 9.65. The third-order valence-corrected chi connectivity index (χ3v) is 7.10. The van der Waals surface area contributed by atoms with E-state index < -0.39 is 26.7 Å². The normalized spacial score (nSPS) is 30.5. The Morgan fingerprint density at radius 1 is 1.12 bits per heavy atom. The second kappa shape index (κ2) is 5.21. The maximum Gasteiger partial charge on any atom is 0.417 e. The van der Waals surface area contributed by atoms with Gasteiger partial charge in [0.25, 0.3) is 0 Å². The summed E-state index contributed by atoms with van der Waals surface area (Å²) in [5.41, 5.74) is -1.27. The number of hydrogen-bond donors (Lipinski definition) is 0. The van der Waals surface area contributed by atoms with Gasteiger partial charge in [-0.05, 0) is 42.2 Å². The van der Waals surface area contributed by atoms with Gasteiger partial charge in [0.2, 0.25) is 10.0 Å².